The molecule has 1 N–H and O–H groups in total. The topological polar surface area (TPSA) is 49.4 Å². The molecule has 0 aliphatic carbocycles. The van der Waals surface area contributed by atoms with Gasteiger partial charge in [0.1, 0.15) is 0 Å². The molecule has 0 atom stereocenters. The van der Waals surface area contributed by atoms with E-state index in [1.165, 1.54) is 11.8 Å². The van der Waals surface area contributed by atoms with Crippen LogP contribution in [0.1, 0.15) is 30.1 Å². The molecule has 1 heterocycles. The number of rotatable bonds is 2. The molecule has 0 bridgehead atoms. The third-order valence-corrected chi connectivity index (χ3v) is 3.25. The maximum absolute atomic E-state index is 12.4. The van der Waals surface area contributed by atoms with Crippen molar-refractivity contribution in [1.29, 1.82) is 0 Å². The average Bonchev–Trinajstić information content (AvgIpc) is 2.40. The first-order valence-electron chi connectivity index (χ1n) is 6.30. The number of imide groups is 1. The number of nitrogens with one attached hydrogen (secondary N) is 1. The van der Waals surface area contributed by atoms with Crippen molar-refractivity contribution in [2.24, 2.45) is 0 Å². The third-order valence-electron chi connectivity index (χ3n) is 3.25. The van der Waals surface area contributed by atoms with Gasteiger partial charge in [0.15, 0.2) is 0 Å². The fourth-order valence-corrected chi connectivity index (χ4v) is 2.35. The lowest BCUT2D eigenvalue weighted by molar-refractivity contribution is -0.128. The van der Waals surface area contributed by atoms with Gasteiger partial charge in [-0.15, -0.1) is 0 Å². The van der Waals surface area contributed by atoms with E-state index in [0.29, 0.717) is 5.56 Å². The zero-order valence-corrected chi connectivity index (χ0v) is 10.6. The maximum Gasteiger partial charge on any atom is 0.260 e. The van der Waals surface area contributed by atoms with Crippen LogP contribution in [0.2, 0.25) is 0 Å². The van der Waals surface area contributed by atoms with Gasteiger partial charge < -0.3 is 5.32 Å². The lowest BCUT2D eigenvalue weighted by Crippen LogP contribution is -2.48. The van der Waals surface area contributed by atoms with Gasteiger partial charge in [0.25, 0.3) is 5.91 Å². The zero-order valence-electron chi connectivity index (χ0n) is 10.6. The molecule has 4 nitrogen and oxygen atoms in total. The summed E-state index contributed by atoms with van der Waals surface area (Å²) in [5.41, 5.74) is 0.575. The van der Waals surface area contributed by atoms with Crippen molar-refractivity contribution < 1.29 is 9.59 Å². The van der Waals surface area contributed by atoms with E-state index >= 15 is 0 Å². The van der Waals surface area contributed by atoms with E-state index in [1.54, 1.807) is 12.1 Å². The number of carbonyl (C=O) groups is 2. The van der Waals surface area contributed by atoms with Crippen molar-refractivity contribution in [2.75, 3.05) is 13.1 Å². The summed E-state index contributed by atoms with van der Waals surface area (Å²) in [4.78, 5) is 25.5. The van der Waals surface area contributed by atoms with Crippen LogP contribution in [0.25, 0.3) is 0 Å². The first-order valence-corrected chi connectivity index (χ1v) is 6.30. The molecule has 0 radical (unpaired) electrons. The van der Waals surface area contributed by atoms with E-state index in [2.05, 4.69) is 5.32 Å². The van der Waals surface area contributed by atoms with Crippen LogP contribution in [0.5, 0.6) is 0 Å². The molecular weight excluding hydrogens is 228 g/mol. The van der Waals surface area contributed by atoms with E-state index in [9.17, 15) is 9.59 Å². The molecule has 1 aliphatic rings. The summed E-state index contributed by atoms with van der Waals surface area (Å²) in [6.45, 7) is 3.18. The van der Waals surface area contributed by atoms with E-state index in [1.807, 2.05) is 18.2 Å². The van der Waals surface area contributed by atoms with E-state index in [0.717, 1.165) is 25.9 Å². The highest BCUT2D eigenvalue weighted by Crippen LogP contribution is 2.16. The van der Waals surface area contributed by atoms with Crippen molar-refractivity contribution in [1.82, 2.24) is 10.2 Å². The Balaban J connectivity index is 2.19. The Morgan fingerprint density at radius 2 is 1.78 bits per heavy atom. The highest BCUT2D eigenvalue weighted by Gasteiger charge is 2.29. The molecule has 0 unspecified atom stereocenters. The molecule has 4 heteroatoms. The van der Waals surface area contributed by atoms with Crippen LogP contribution < -0.4 is 5.32 Å². The van der Waals surface area contributed by atoms with Gasteiger partial charge in [-0.25, -0.2) is 0 Å². The molecule has 1 aliphatic heterocycles. The van der Waals surface area contributed by atoms with Crippen molar-refractivity contribution in [3.05, 3.63) is 35.9 Å². The van der Waals surface area contributed by atoms with Crippen molar-refractivity contribution in [2.45, 2.75) is 25.8 Å². The first kappa shape index (κ1) is 12.8. The Labute approximate surface area is 107 Å². The van der Waals surface area contributed by atoms with Gasteiger partial charge in [0.05, 0.1) is 0 Å². The third kappa shape index (κ3) is 2.76. The summed E-state index contributed by atoms with van der Waals surface area (Å²) in [5.74, 6) is -0.356. The van der Waals surface area contributed by atoms with Gasteiger partial charge in [-0.05, 0) is 38.1 Å². The predicted octanol–water partition coefficient (Wildman–Crippen LogP) is 1.43. The van der Waals surface area contributed by atoms with Crippen molar-refractivity contribution in [3.8, 4) is 0 Å². The van der Waals surface area contributed by atoms with Crippen LogP contribution in [0.3, 0.4) is 0 Å². The van der Waals surface area contributed by atoms with E-state index in [-0.39, 0.29) is 17.9 Å². The molecule has 18 heavy (non-hydrogen) atoms. The van der Waals surface area contributed by atoms with Crippen LogP contribution >= 0.6 is 0 Å². The fourth-order valence-electron chi connectivity index (χ4n) is 2.35. The van der Waals surface area contributed by atoms with Crippen molar-refractivity contribution >= 4 is 11.8 Å². The molecule has 2 rings (SSSR count). The molecule has 1 aromatic rings. The number of carbonyl (C=O) groups excluding carboxylic acids is 2. The Morgan fingerprint density at radius 3 is 2.33 bits per heavy atom. The normalized spacial score (nSPS) is 16.3. The van der Waals surface area contributed by atoms with Crippen LogP contribution in [-0.2, 0) is 4.79 Å². The molecule has 1 aromatic carbocycles. The summed E-state index contributed by atoms with van der Waals surface area (Å²) in [6.07, 6.45) is 1.66. The summed E-state index contributed by atoms with van der Waals surface area (Å²) in [6, 6.07) is 9.01. The van der Waals surface area contributed by atoms with E-state index < -0.39 is 0 Å². The fraction of sp³-hybridized carbons (Fsp3) is 0.429. The van der Waals surface area contributed by atoms with Crippen molar-refractivity contribution in [3.63, 3.8) is 0 Å². The molecule has 0 spiro atoms. The second kappa shape index (κ2) is 5.78. The number of piperidine rings is 1. The van der Waals surface area contributed by atoms with Crippen LogP contribution in [0.4, 0.5) is 0 Å². The minimum Gasteiger partial charge on any atom is -0.317 e. The monoisotopic (exact) mass is 246 g/mol. The van der Waals surface area contributed by atoms with Gasteiger partial charge in [0, 0.05) is 18.5 Å². The smallest absolute Gasteiger partial charge is 0.260 e. The number of benzene rings is 1. The maximum atomic E-state index is 12.4. The highest BCUT2D eigenvalue weighted by molar-refractivity contribution is 6.04. The van der Waals surface area contributed by atoms with Crippen LogP contribution in [-0.4, -0.2) is 35.8 Å². The lowest BCUT2D eigenvalue weighted by Gasteiger charge is -2.32. The number of amides is 2. The molecule has 1 saturated heterocycles. The molecule has 1 fully saturated rings. The SMILES string of the molecule is CC(=O)N(C(=O)c1ccccc1)C1CCNCC1. The summed E-state index contributed by atoms with van der Waals surface area (Å²) in [7, 11) is 0. The van der Waals surface area contributed by atoms with Gasteiger partial charge >= 0.3 is 0 Å². The predicted molar refractivity (Wildman–Crippen MR) is 69.2 cm³/mol. The standard InChI is InChI=1S/C14H18N2O2/c1-11(17)16(13-7-9-15-10-8-13)14(18)12-5-3-2-4-6-12/h2-6,13,15H,7-10H2,1H3. The minimum atomic E-state index is -0.185. The molecule has 96 valence electrons. The Hall–Kier alpha value is -1.68. The summed E-state index contributed by atoms with van der Waals surface area (Å²) >= 11 is 0. The first-order chi connectivity index (χ1) is 8.70. The second-order valence-electron chi connectivity index (χ2n) is 4.54. The van der Waals surface area contributed by atoms with Gasteiger partial charge in [-0.3, -0.25) is 14.5 Å². The Morgan fingerprint density at radius 1 is 1.17 bits per heavy atom. The molecule has 2 amide bonds. The van der Waals surface area contributed by atoms with E-state index in [4.69, 9.17) is 0 Å². The largest absolute Gasteiger partial charge is 0.317 e. The molecular formula is C14H18N2O2. The Bertz CT molecular complexity index is 425. The highest BCUT2D eigenvalue weighted by atomic mass is 16.2. The Kier molecular flexibility index (Phi) is 4.10. The number of nitrogens with zero attached hydrogens (tertiary/aromatic N) is 1. The van der Waals surface area contributed by atoms with Crippen LogP contribution in [0, 0.1) is 0 Å². The molecule has 0 aromatic heterocycles. The van der Waals surface area contributed by atoms with Crippen LogP contribution in [0.15, 0.2) is 30.3 Å². The quantitative estimate of drug-likeness (QED) is 0.858. The summed E-state index contributed by atoms with van der Waals surface area (Å²) in [5, 5.41) is 3.24. The lowest BCUT2D eigenvalue weighted by atomic mass is 10.0. The number of hydrogen-bond acceptors (Lipinski definition) is 3. The second-order valence-corrected chi connectivity index (χ2v) is 4.54. The number of hydrogen-bond donors (Lipinski definition) is 1. The average molecular weight is 246 g/mol. The molecule has 0 saturated carbocycles. The zero-order chi connectivity index (χ0) is 13.0. The van der Waals surface area contributed by atoms with Gasteiger partial charge in [0.2, 0.25) is 5.91 Å². The summed E-state index contributed by atoms with van der Waals surface area (Å²) < 4.78 is 0. The van der Waals surface area contributed by atoms with Gasteiger partial charge in [-0.1, -0.05) is 18.2 Å². The minimum absolute atomic E-state index is 0.0245. The van der Waals surface area contributed by atoms with Gasteiger partial charge in [-0.2, -0.15) is 0 Å².